The molecule has 0 saturated carbocycles. The first-order valence-corrected chi connectivity index (χ1v) is 8.78. The summed E-state index contributed by atoms with van der Waals surface area (Å²) in [5.74, 6) is -1.28. The number of carbonyl (C=O) groups is 2. The van der Waals surface area contributed by atoms with Crippen molar-refractivity contribution in [2.24, 2.45) is 0 Å². The highest BCUT2D eigenvalue weighted by atomic mass is 35.5. The second-order valence-corrected chi connectivity index (χ2v) is 6.77. The van der Waals surface area contributed by atoms with Gasteiger partial charge in [-0.25, -0.2) is 0 Å². The van der Waals surface area contributed by atoms with Crippen LogP contribution in [0.25, 0.3) is 0 Å². The molecule has 0 spiro atoms. The third-order valence-electron chi connectivity index (χ3n) is 3.58. The number of hydrogen-bond acceptors (Lipinski definition) is 4. The summed E-state index contributed by atoms with van der Waals surface area (Å²) in [5.41, 5.74) is 2.00. The lowest BCUT2D eigenvalue weighted by Crippen LogP contribution is -2.42. The van der Waals surface area contributed by atoms with Gasteiger partial charge in [0.1, 0.15) is 0 Å². The second-order valence-electron chi connectivity index (χ2n) is 5.56. The molecule has 1 aromatic heterocycles. The Morgan fingerprint density at radius 1 is 1.12 bits per heavy atom. The molecule has 0 unspecified atom stereocenters. The maximum absolute atomic E-state index is 12.0. The van der Waals surface area contributed by atoms with E-state index in [0.29, 0.717) is 11.6 Å². The van der Waals surface area contributed by atoms with E-state index in [0.717, 1.165) is 11.1 Å². The molecule has 0 aliphatic heterocycles. The normalized spacial score (nSPS) is 12.0. The van der Waals surface area contributed by atoms with Gasteiger partial charge in [-0.3, -0.25) is 9.59 Å². The minimum Gasteiger partial charge on any atom is -0.346 e. The van der Waals surface area contributed by atoms with Crippen molar-refractivity contribution in [1.29, 1.82) is 0 Å². The Bertz CT molecular complexity index is 672. The summed E-state index contributed by atoms with van der Waals surface area (Å²) < 4.78 is 0. The van der Waals surface area contributed by atoms with E-state index in [2.05, 4.69) is 10.6 Å². The number of carbonyl (C=O) groups excluding carboxylic acids is 2. The smallest absolute Gasteiger partial charge is 0.309 e. The van der Waals surface area contributed by atoms with E-state index < -0.39 is 11.8 Å². The van der Waals surface area contributed by atoms with Crippen LogP contribution in [0.5, 0.6) is 0 Å². The van der Waals surface area contributed by atoms with Crippen molar-refractivity contribution in [2.45, 2.75) is 12.6 Å². The van der Waals surface area contributed by atoms with Gasteiger partial charge in [-0.1, -0.05) is 23.7 Å². The Balaban J connectivity index is 1.82. The first-order valence-electron chi connectivity index (χ1n) is 7.46. The highest BCUT2D eigenvalue weighted by molar-refractivity contribution is 7.07. The summed E-state index contributed by atoms with van der Waals surface area (Å²) in [6.45, 7) is 0.655. The molecule has 1 atom stereocenters. The topological polar surface area (TPSA) is 61.4 Å². The van der Waals surface area contributed by atoms with Crippen molar-refractivity contribution in [3.63, 3.8) is 0 Å². The molecule has 5 nitrogen and oxygen atoms in total. The zero-order valence-corrected chi connectivity index (χ0v) is 15.2. The highest BCUT2D eigenvalue weighted by Gasteiger charge is 2.18. The maximum atomic E-state index is 12.0. The quantitative estimate of drug-likeness (QED) is 0.773. The molecule has 2 amide bonds. The fourth-order valence-corrected chi connectivity index (χ4v) is 3.03. The molecule has 1 aromatic carbocycles. The predicted molar refractivity (Wildman–Crippen MR) is 97.1 cm³/mol. The van der Waals surface area contributed by atoms with Crippen molar-refractivity contribution in [2.75, 3.05) is 20.6 Å². The summed E-state index contributed by atoms with van der Waals surface area (Å²) >= 11 is 7.41. The number of likely N-dealkylation sites (N-methyl/N-ethyl adjacent to an activating group) is 1. The lowest BCUT2D eigenvalue weighted by molar-refractivity contribution is -0.139. The van der Waals surface area contributed by atoms with E-state index in [1.807, 2.05) is 35.8 Å². The molecule has 0 aliphatic rings. The Kier molecular flexibility index (Phi) is 6.78. The monoisotopic (exact) mass is 365 g/mol. The number of thiophene rings is 1. The van der Waals surface area contributed by atoms with Gasteiger partial charge in [0.2, 0.25) is 0 Å². The zero-order chi connectivity index (χ0) is 17.5. The number of benzene rings is 1. The SMILES string of the molecule is CN(C)[C@H](CNC(=O)C(=O)NCc1ccc(Cl)cc1)c1ccsc1. The standard InChI is InChI=1S/C17H20ClN3O2S/c1-21(2)15(13-7-8-24-11-13)10-20-17(23)16(22)19-9-12-3-5-14(18)6-4-12/h3-8,11,15H,9-10H2,1-2H3,(H,19,22)(H,20,23)/t15-/m1/s1. The van der Waals surface area contributed by atoms with Gasteiger partial charge in [-0.05, 0) is 54.2 Å². The van der Waals surface area contributed by atoms with Crippen LogP contribution in [0.2, 0.25) is 5.02 Å². The molecular weight excluding hydrogens is 346 g/mol. The second kappa shape index (κ2) is 8.82. The third-order valence-corrected chi connectivity index (χ3v) is 4.53. The van der Waals surface area contributed by atoms with E-state index in [9.17, 15) is 9.59 Å². The fourth-order valence-electron chi connectivity index (χ4n) is 2.20. The summed E-state index contributed by atoms with van der Waals surface area (Å²) in [7, 11) is 3.88. The minimum absolute atomic E-state index is 0.0317. The molecule has 2 aromatic rings. The largest absolute Gasteiger partial charge is 0.346 e. The minimum atomic E-state index is -0.646. The van der Waals surface area contributed by atoms with Gasteiger partial charge in [0, 0.05) is 18.1 Å². The number of nitrogens with one attached hydrogen (secondary N) is 2. The van der Waals surface area contributed by atoms with Crippen LogP contribution < -0.4 is 10.6 Å². The summed E-state index contributed by atoms with van der Waals surface area (Å²) in [6.07, 6.45) is 0. The van der Waals surface area contributed by atoms with Crippen LogP contribution in [0.15, 0.2) is 41.1 Å². The summed E-state index contributed by atoms with van der Waals surface area (Å²) in [5, 5.41) is 9.95. The number of nitrogens with zero attached hydrogens (tertiary/aromatic N) is 1. The van der Waals surface area contributed by atoms with Gasteiger partial charge in [0.25, 0.3) is 0 Å². The van der Waals surface area contributed by atoms with Crippen LogP contribution in [0.4, 0.5) is 0 Å². The molecule has 0 bridgehead atoms. The van der Waals surface area contributed by atoms with Gasteiger partial charge in [-0.15, -0.1) is 0 Å². The summed E-state index contributed by atoms with van der Waals surface area (Å²) in [6, 6.07) is 9.14. The van der Waals surface area contributed by atoms with Crippen molar-refractivity contribution in [3.05, 3.63) is 57.2 Å². The van der Waals surface area contributed by atoms with Crippen LogP contribution in [0.3, 0.4) is 0 Å². The molecule has 1 heterocycles. The van der Waals surface area contributed by atoms with Gasteiger partial charge in [-0.2, -0.15) is 11.3 Å². The van der Waals surface area contributed by atoms with Crippen molar-refractivity contribution < 1.29 is 9.59 Å². The van der Waals surface area contributed by atoms with Gasteiger partial charge < -0.3 is 15.5 Å². The predicted octanol–water partition coefficient (Wildman–Crippen LogP) is 2.44. The average Bonchev–Trinajstić information content (AvgIpc) is 3.08. The van der Waals surface area contributed by atoms with Gasteiger partial charge >= 0.3 is 11.8 Å². The molecule has 0 fully saturated rings. The molecule has 0 aliphatic carbocycles. The van der Waals surface area contributed by atoms with Crippen molar-refractivity contribution >= 4 is 34.8 Å². The van der Waals surface area contributed by atoms with E-state index in [-0.39, 0.29) is 12.6 Å². The Morgan fingerprint density at radius 3 is 2.38 bits per heavy atom. The molecule has 24 heavy (non-hydrogen) atoms. The zero-order valence-electron chi connectivity index (χ0n) is 13.6. The third kappa shape index (κ3) is 5.33. The van der Waals surface area contributed by atoms with Crippen LogP contribution in [0.1, 0.15) is 17.2 Å². The lowest BCUT2D eigenvalue weighted by Gasteiger charge is -2.23. The van der Waals surface area contributed by atoms with Gasteiger partial charge in [0.15, 0.2) is 0 Å². The van der Waals surface area contributed by atoms with Gasteiger partial charge in [0.05, 0.1) is 6.04 Å². The number of hydrogen-bond donors (Lipinski definition) is 2. The molecule has 2 rings (SSSR count). The molecule has 2 N–H and O–H groups in total. The number of amides is 2. The Labute approximate surface area is 150 Å². The number of halogens is 1. The number of rotatable bonds is 6. The lowest BCUT2D eigenvalue weighted by atomic mass is 10.1. The summed E-state index contributed by atoms with van der Waals surface area (Å²) in [4.78, 5) is 25.9. The maximum Gasteiger partial charge on any atom is 0.309 e. The van der Waals surface area contributed by atoms with E-state index in [1.54, 1.807) is 35.6 Å². The van der Waals surface area contributed by atoms with Crippen molar-refractivity contribution in [1.82, 2.24) is 15.5 Å². The van der Waals surface area contributed by atoms with Crippen LogP contribution in [-0.4, -0.2) is 37.4 Å². The van der Waals surface area contributed by atoms with Crippen LogP contribution in [0, 0.1) is 0 Å². The van der Waals surface area contributed by atoms with Crippen molar-refractivity contribution in [3.8, 4) is 0 Å². The molecule has 128 valence electrons. The van der Waals surface area contributed by atoms with Crippen LogP contribution >= 0.6 is 22.9 Å². The van der Waals surface area contributed by atoms with Crippen LogP contribution in [-0.2, 0) is 16.1 Å². The first kappa shape index (κ1) is 18.4. The highest BCUT2D eigenvalue weighted by Crippen LogP contribution is 2.19. The molecule has 7 heteroatoms. The van der Waals surface area contributed by atoms with E-state index in [1.165, 1.54) is 0 Å². The molecule has 0 radical (unpaired) electrons. The Hall–Kier alpha value is -1.89. The Morgan fingerprint density at radius 2 is 1.79 bits per heavy atom. The molecular formula is C17H20ClN3O2S. The fraction of sp³-hybridized carbons (Fsp3) is 0.294. The van der Waals surface area contributed by atoms with E-state index in [4.69, 9.17) is 11.6 Å². The average molecular weight is 366 g/mol. The first-order chi connectivity index (χ1) is 11.5. The van der Waals surface area contributed by atoms with E-state index >= 15 is 0 Å². The molecule has 0 saturated heterocycles.